The number of allylic oxidation sites excluding steroid dienone is 3. The van der Waals surface area contributed by atoms with Crippen LogP contribution in [0.4, 0.5) is 13.2 Å². The molecule has 1 saturated heterocycles. The van der Waals surface area contributed by atoms with Gasteiger partial charge in [0, 0.05) is 33.6 Å². The summed E-state index contributed by atoms with van der Waals surface area (Å²) in [7, 11) is 0. The first-order valence-corrected chi connectivity index (χ1v) is 17.2. The van der Waals surface area contributed by atoms with E-state index in [2.05, 4.69) is 16.5 Å². The zero-order chi connectivity index (χ0) is 35.8. The number of pyridine rings is 1. The second-order valence-electron chi connectivity index (χ2n) is 13.8. The van der Waals surface area contributed by atoms with E-state index >= 15 is 0 Å². The SMILES string of the molecule is C=C(C)N(CCOc1ccc(Cl)cc1-c1cc(C)nc(/C(=C\C)C(=O)O)c1C)C(=O)C1=C(C)C2(CC2)C[C@@H](N2CCC(C(F)(F)F)CC2)C1. The number of alkyl halides is 3. The summed E-state index contributed by atoms with van der Waals surface area (Å²) in [6, 6.07) is 7.13. The van der Waals surface area contributed by atoms with Crippen LogP contribution in [0.2, 0.25) is 5.02 Å². The molecule has 1 amide bonds. The van der Waals surface area contributed by atoms with Crippen LogP contribution < -0.4 is 4.74 Å². The van der Waals surface area contributed by atoms with Crippen molar-refractivity contribution in [1.29, 1.82) is 0 Å². The molecule has 1 atom stereocenters. The normalized spacial score (nSPS) is 20.0. The largest absolute Gasteiger partial charge is 0.491 e. The molecule has 2 fully saturated rings. The van der Waals surface area contributed by atoms with Gasteiger partial charge in [-0.1, -0.05) is 29.8 Å². The quantitative estimate of drug-likeness (QED) is 0.250. The summed E-state index contributed by atoms with van der Waals surface area (Å²) in [5, 5.41) is 10.3. The number of aryl methyl sites for hydroxylation is 1. The Hall–Kier alpha value is -3.63. The lowest BCUT2D eigenvalue weighted by atomic mass is 9.76. The standard InChI is InChI=1S/C38H45ClF3N3O4/c1-7-29(36(47)48)34-24(5)30(18-23(4)43-34)32-19-27(39)8-9-33(32)49-17-16-45(22(2)3)35(46)31-20-28(21-37(12-13-37)25(31)6)44-14-10-26(11-15-44)38(40,41)42/h7-9,18-19,26,28H,2,10-17,20-21H2,1,3-6H3,(H,47,48)/b29-7+/t28-/m0/s1. The number of carboxylic acid groups (broad SMARTS) is 1. The lowest BCUT2D eigenvalue weighted by Gasteiger charge is -2.43. The summed E-state index contributed by atoms with van der Waals surface area (Å²) in [6.45, 7) is 14.3. The highest BCUT2D eigenvalue weighted by molar-refractivity contribution is 6.31. The number of nitrogens with zero attached hydrogens (tertiary/aromatic N) is 3. The minimum Gasteiger partial charge on any atom is -0.491 e. The zero-order valence-corrected chi connectivity index (χ0v) is 29.6. The van der Waals surface area contributed by atoms with E-state index in [1.54, 1.807) is 43.9 Å². The Morgan fingerprint density at radius 3 is 2.41 bits per heavy atom. The molecule has 2 heterocycles. The van der Waals surface area contributed by atoms with Gasteiger partial charge in [-0.3, -0.25) is 14.7 Å². The molecule has 1 aromatic carbocycles. The average molecular weight is 700 g/mol. The van der Waals surface area contributed by atoms with Gasteiger partial charge in [0.15, 0.2) is 0 Å². The van der Waals surface area contributed by atoms with Crippen molar-refractivity contribution in [3.8, 4) is 16.9 Å². The molecule has 1 spiro atoms. The van der Waals surface area contributed by atoms with E-state index in [1.165, 1.54) is 6.08 Å². The fourth-order valence-electron chi connectivity index (χ4n) is 7.57. The summed E-state index contributed by atoms with van der Waals surface area (Å²) in [5.74, 6) is -1.95. The molecule has 7 nitrogen and oxygen atoms in total. The fourth-order valence-corrected chi connectivity index (χ4v) is 7.74. The number of aliphatic carboxylic acids is 1. The van der Waals surface area contributed by atoms with E-state index < -0.39 is 18.1 Å². The topological polar surface area (TPSA) is 83.0 Å². The van der Waals surface area contributed by atoms with Crippen molar-refractivity contribution in [1.82, 2.24) is 14.8 Å². The summed E-state index contributed by atoms with van der Waals surface area (Å²) in [5.41, 5.74) is 5.49. The summed E-state index contributed by atoms with van der Waals surface area (Å²) < 4.78 is 46.4. The number of aromatic nitrogens is 1. The molecule has 1 saturated carbocycles. The molecule has 0 bridgehead atoms. The first-order chi connectivity index (χ1) is 23.1. The van der Waals surface area contributed by atoms with Gasteiger partial charge in [-0.15, -0.1) is 0 Å². The third-order valence-corrected chi connectivity index (χ3v) is 10.9. The summed E-state index contributed by atoms with van der Waals surface area (Å²) in [6.07, 6.45) is 0.887. The molecule has 1 aromatic heterocycles. The molecule has 5 rings (SSSR count). The van der Waals surface area contributed by atoms with E-state index in [-0.39, 0.29) is 48.9 Å². The van der Waals surface area contributed by atoms with Crippen LogP contribution in [0.15, 0.2) is 53.8 Å². The number of carboxylic acids is 1. The highest BCUT2D eigenvalue weighted by atomic mass is 35.5. The van der Waals surface area contributed by atoms with Crippen molar-refractivity contribution in [2.45, 2.75) is 85.4 Å². The highest BCUT2D eigenvalue weighted by Gasteiger charge is 2.52. The predicted octanol–water partition coefficient (Wildman–Crippen LogP) is 8.78. The Bertz CT molecular complexity index is 1700. The molecule has 1 N–H and O–H groups in total. The van der Waals surface area contributed by atoms with Crippen LogP contribution in [-0.2, 0) is 9.59 Å². The van der Waals surface area contributed by atoms with Crippen LogP contribution in [0.5, 0.6) is 5.75 Å². The molecule has 264 valence electrons. The Morgan fingerprint density at radius 2 is 1.84 bits per heavy atom. The fraction of sp³-hybridized carbons (Fsp3) is 0.500. The minimum absolute atomic E-state index is 0.0281. The number of carbonyl (C=O) groups excluding carboxylic acids is 1. The van der Waals surface area contributed by atoms with Gasteiger partial charge < -0.3 is 14.7 Å². The molecular weight excluding hydrogens is 655 g/mol. The number of halogens is 4. The maximum atomic E-state index is 14.2. The van der Waals surface area contributed by atoms with Gasteiger partial charge in [-0.2, -0.15) is 13.2 Å². The number of amides is 1. The maximum Gasteiger partial charge on any atom is 0.391 e. The number of ether oxygens (including phenoxy) is 1. The number of rotatable bonds is 10. The van der Waals surface area contributed by atoms with Crippen molar-refractivity contribution >= 4 is 29.1 Å². The molecule has 1 aliphatic heterocycles. The molecule has 0 radical (unpaired) electrons. The Labute approximate surface area is 291 Å². The van der Waals surface area contributed by atoms with Crippen LogP contribution >= 0.6 is 11.6 Å². The van der Waals surface area contributed by atoms with Gasteiger partial charge in [0.05, 0.1) is 23.7 Å². The van der Waals surface area contributed by atoms with Gasteiger partial charge in [0.2, 0.25) is 0 Å². The van der Waals surface area contributed by atoms with Crippen LogP contribution in [-0.4, -0.2) is 70.2 Å². The minimum atomic E-state index is -4.17. The van der Waals surface area contributed by atoms with Crippen molar-refractivity contribution in [3.05, 3.63) is 75.7 Å². The molecule has 2 aromatic rings. The van der Waals surface area contributed by atoms with Crippen LogP contribution in [0, 0.1) is 25.2 Å². The lowest BCUT2D eigenvalue weighted by molar-refractivity contribution is -0.186. The average Bonchev–Trinajstić information content (AvgIpc) is 3.82. The van der Waals surface area contributed by atoms with E-state index in [0.29, 0.717) is 58.5 Å². The lowest BCUT2D eigenvalue weighted by Crippen LogP contribution is -2.48. The van der Waals surface area contributed by atoms with E-state index in [0.717, 1.165) is 36.0 Å². The second kappa shape index (κ2) is 14.3. The summed E-state index contributed by atoms with van der Waals surface area (Å²) in [4.78, 5) is 34.5. The molecule has 3 aliphatic rings. The van der Waals surface area contributed by atoms with Crippen molar-refractivity contribution in [2.24, 2.45) is 11.3 Å². The monoisotopic (exact) mass is 699 g/mol. The molecule has 0 unspecified atom stereocenters. The van der Waals surface area contributed by atoms with Gasteiger partial charge >= 0.3 is 12.1 Å². The number of benzene rings is 1. The smallest absolute Gasteiger partial charge is 0.391 e. The number of hydrogen-bond acceptors (Lipinski definition) is 5. The first kappa shape index (κ1) is 36.6. The number of carbonyl (C=O) groups is 2. The van der Waals surface area contributed by atoms with Gasteiger partial charge in [-0.25, -0.2) is 4.79 Å². The third kappa shape index (κ3) is 7.75. The third-order valence-electron chi connectivity index (χ3n) is 10.6. The summed E-state index contributed by atoms with van der Waals surface area (Å²) >= 11 is 6.43. The van der Waals surface area contributed by atoms with Crippen molar-refractivity contribution in [2.75, 3.05) is 26.2 Å². The number of piperidine rings is 1. The van der Waals surface area contributed by atoms with E-state index in [1.807, 2.05) is 19.9 Å². The second-order valence-corrected chi connectivity index (χ2v) is 14.2. The van der Waals surface area contributed by atoms with Gasteiger partial charge in [0.25, 0.3) is 5.91 Å². The molecule has 49 heavy (non-hydrogen) atoms. The molecule has 11 heteroatoms. The van der Waals surface area contributed by atoms with Gasteiger partial charge in [0.1, 0.15) is 12.4 Å². The highest BCUT2D eigenvalue weighted by Crippen LogP contribution is 2.60. The van der Waals surface area contributed by atoms with Crippen LogP contribution in [0.25, 0.3) is 16.7 Å². The maximum absolute atomic E-state index is 14.2. The van der Waals surface area contributed by atoms with E-state index in [9.17, 15) is 27.9 Å². The Morgan fingerprint density at radius 1 is 1.16 bits per heavy atom. The first-order valence-electron chi connectivity index (χ1n) is 16.9. The van der Waals surface area contributed by atoms with Crippen LogP contribution in [0.1, 0.15) is 76.2 Å². The Kier molecular flexibility index (Phi) is 10.7. The van der Waals surface area contributed by atoms with Crippen LogP contribution in [0.3, 0.4) is 0 Å². The zero-order valence-electron chi connectivity index (χ0n) is 28.8. The molecule has 2 aliphatic carbocycles. The number of hydrogen-bond donors (Lipinski definition) is 1. The van der Waals surface area contributed by atoms with Crippen molar-refractivity contribution in [3.63, 3.8) is 0 Å². The number of likely N-dealkylation sites (tertiary alicyclic amines) is 1. The van der Waals surface area contributed by atoms with Gasteiger partial charge in [-0.05, 0) is 127 Å². The van der Waals surface area contributed by atoms with E-state index in [4.69, 9.17) is 16.3 Å². The van der Waals surface area contributed by atoms with Crippen molar-refractivity contribution < 1.29 is 32.6 Å². The Balaban J connectivity index is 1.34. The molecular formula is C38H45ClF3N3O4. The predicted molar refractivity (Wildman–Crippen MR) is 185 cm³/mol.